The van der Waals surface area contributed by atoms with Gasteiger partial charge in [-0.25, -0.2) is 4.79 Å². The molecule has 1 amide bonds. The van der Waals surface area contributed by atoms with E-state index in [-0.39, 0.29) is 12.0 Å². The zero-order valence-corrected chi connectivity index (χ0v) is 17.4. The van der Waals surface area contributed by atoms with Crippen LogP contribution in [-0.4, -0.2) is 35.7 Å². The number of ether oxygens (including phenoxy) is 1. The summed E-state index contributed by atoms with van der Waals surface area (Å²) in [6.07, 6.45) is 7.50. The normalized spacial score (nSPS) is 18.9. The molecule has 0 spiro atoms. The van der Waals surface area contributed by atoms with Crippen molar-refractivity contribution in [3.63, 3.8) is 0 Å². The van der Waals surface area contributed by atoms with Crippen LogP contribution in [0, 0.1) is 5.92 Å². The van der Waals surface area contributed by atoms with E-state index >= 15 is 0 Å². The number of likely N-dealkylation sites (tertiary alicyclic amines) is 1. The number of amides is 1. The molecule has 5 heteroatoms. The van der Waals surface area contributed by atoms with Crippen LogP contribution < -0.4 is 0 Å². The molecule has 1 aromatic heterocycles. The van der Waals surface area contributed by atoms with Crippen molar-refractivity contribution in [1.82, 2.24) is 9.88 Å². The van der Waals surface area contributed by atoms with Crippen LogP contribution in [0.1, 0.15) is 48.1 Å². The first kappa shape index (κ1) is 19.7. The number of carbonyl (C=O) groups is 1. The van der Waals surface area contributed by atoms with E-state index < -0.39 is 0 Å². The molecule has 1 saturated heterocycles. The van der Waals surface area contributed by atoms with Gasteiger partial charge in [-0.3, -0.25) is 4.98 Å². The average molecular weight is 409 g/mol. The Morgan fingerprint density at radius 1 is 1.34 bits per heavy atom. The Labute approximate surface area is 176 Å². The van der Waals surface area contributed by atoms with Crippen molar-refractivity contribution in [2.24, 2.45) is 5.92 Å². The number of rotatable bonds is 3. The number of hydrogen-bond donors (Lipinski definition) is 0. The fraction of sp³-hybridized carbons (Fsp3) is 0.333. The number of carbonyl (C=O) groups excluding carboxylic acids is 1. The van der Waals surface area contributed by atoms with Crippen LogP contribution in [0.15, 0.2) is 49.2 Å². The first-order chi connectivity index (χ1) is 14.1. The Hall–Kier alpha value is -2.59. The second-order valence-electron chi connectivity index (χ2n) is 7.51. The number of aromatic nitrogens is 1. The molecule has 4 nitrogen and oxygen atoms in total. The molecule has 29 heavy (non-hydrogen) atoms. The predicted molar refractivity (Wildman–Crippen MR) is 117 cm³/mol. The van der Waals surface area contributed by atoms with Gasteiger partial charge in [0.15, 0.2) is 0 Å². The molecule has 0 radical (unpaired) electrons. The van der Waals surface area contributed by atoms with Gasteiger partial charge in [0.05, 0.1) is 12.3 Å². The Bertz CT molecular complexity index is 961. The molecule has 1 atom stereocenters. The van der Waals surface area contributed by atoms with Gasteiger partial charge in [-0.15, -0.1) is 0 Å². The molecule has 2 aromatic rings. The van der Waals surface area contributed by atoms with Gasteiger partial charge in [-0.1, -0.05) is 36.4 Å². The topological polar surface area (TPSA) is 42.4 Å². The number of pyridine rings is 1. The van der Waals surface area contributed by atoms with Gasteiger partial charge in [0.2, 0.25) is 0 Å². The van der Waals surface area contributed by atoms with Crippen molar-refractivity contribution in [1.29, 1.82) is 0 Å². The van der Waals surface area contributed by atoms with E-state index in [1.165, 1.54) is 5.56 Å². The van der Waals surface area contributed by atoms with Crippen LogP contribution in [0.3, 0.4) is 0 Å². The molecule has 0 bridgehead atoms. The van der Waals surface area contributed by atoms with E-state index in [0.29, 0.717) is 30.6 Å². The summed E-state index contributed by atoms with van der Waals surface area (Å²) in [7, 11) is 0. The highest BCUT2D eigenvalue weighted by molar-refractivity contribution is 6.30. The molecular formula is C24H25ClN2O2. The lowest BCUT2D eigenvalue weighted by molar-refractivity contribution is 0.0900. The summed E-state index contributed by atoms with van der Waals surface area (Å²) in [5.74, 6) is 0.531. The lowest BCUT2D eigenvalue weighted by Gasteiger charge is -2.36. The van der Waals surface area contributed by atoms with E-state index in [1.807, 2.05) is 42.3 Å². The van der Waals surface area contributed by atoms with E-state index in [0.717, 1.165) is 35.2 Å². The van der Waals surface area contributed by atoms with Crippen molar-refractivity contribution in [3.8, 4) is 0 Å². The Kier molecular flexibility index (Phi) is 5.72. The highest BCUT2D eigenvalue weighted by Gasteiger charge is 2.35. The van der Waals surface area contributed by atoms with Crippen molar-refractivity contribution in [3.05, 3.63) is 76.6 Å². The molecule has 1 unspecified atom stereocenters. The second kappa shape index (κ2) is 8.42. The fourth-order valence-electron chi connectivity index (χ4n) is 4.53. The number of nitrogens with zero attached hydrogens (tertiary/aromatic N) is 2. The predicted octanol–water partition coefficient (Wildman–Crippen LogP) is 5.78. The summed E-state index contributed by atoms with van der Waals surface area (Å²) in [5, 5.41) is 0.714. The first-order valence-electron chi connectivity index (χ1n) is 10.1. The number of hydrogen-bond acceptors (Lipinski definition) is 3. The highest BCUT2D eigenvalue weighted by atomic mass is 35.5. The second-order valence-corrected chi connectivity index (χ2v) is 7.95. The van der Waals surface area contributed by atoms with Gasteiger partial charge >= 0.3 is 6.09 Å². The van der Waals surface area contributed by atoms with Gasteiger partial charge in [0.1, 0.15) is 0 Å². The van der Waals surface area contributed by atoms with Crippen molar-refractivity contribution in [2.45, 2.75) is 25.7 Å². The summed E-state index contributed by atoms with van der Waals surface area (Å²) in [4.78, 5) is 18.7. The quantitative estimate of drug-likeness (QED) is 0.646. The van der Waals surface area contributed by atoms with Crippen LogP contribution in [0.5, 0.6) is 0 Å². The molecule has 0 N–H and O–H groups in total. The van der Waals surface area contributed by atoms with Crippen molar-refractivity contribution >= 4 is 29.3 Å². The van der Waals surface area contributed by atoms with Crippen molar-refractivity contribution in [2.75, 3.05) is 19.7 Å². The highest BCUT2D eigenvalue weighted by Crippen LogP contribution is 2.45. The van der Waals surface area contributed by atoms with Gasteiger partial charge in [0, 0.05) is 30.2 Å². The van der Waals surface area contributed by atoms with Gasteiger partial charge < -0.3 is 9.64 Å². The third kappa shape index (κ3) is 3.82. The maximum Gasteiger partial charge on any atom is 0.409 e. The Morgan fingerprint density at radius 3 is 2.86 bits per heavy atom. The number of benzene rings is 1. The van der Waals surface area contributed by atoms with E-state index in [2.05, 4.69) is 24.8 Å². The molecule has 2 heterocycles. The van der Waals surface area contributed by atoms with E-state index in [4.69, 9.17) is 21.3 Å². The van der Waals surface area contributed by atoms with Crippen molar-refractivity contribution < 1.29 is 9.53 Å². The molecule has 1 aliphatic heterocycles. The largest absolute Gasteiger partial charge is 0.450 e. The Balaban J connectivity index is 1.73. The monoisotopic (exact) mass is 408 g/mol. The molecule has 1 aliphatic carbocycles. The van der Waals surface area contributed by atoms with E-state index in [9.17, 15) is 4.79 Å². The molecule has 4 rings (SSSR count). The van der Waals surface area contributed by atoms with Crippen LogP contribution in [0.2, 0.25) is 5.02 Å². The van der Waals surface area contributed by atoms with Gasteiger partial charge in [-0.05, 0) is 72.2 Å². The zero-order valence-electron chi connectivity index (χ0n) is 16.6. The number of allylic oxidation sites excluding steroid dienone is 2. The third-order valence-electron chi connectivity index (χ3n) is 5.90. The van der Waals surface area contributed by atoms with Gasteiger partial charge in [-0.2, -0.15) is 0 Å². The lowest BCUT2D eigenvalue weighted by atomic mass is 9.76. The SMILES string of the molecule is C=CC1=Cc2cccnc2C(C2CCN(C(=O)OCC)CC2)c2ccc(Cl)cc21. The molecule has 1 aromatic carbocycles. The smallest absolute Gasteiger partial charge is 0.409 e. The fourth-order valence-corrected chi connectivity index (χ4v) is 4.70. The average Bonchev–Trinajstić information content (AvgIpc) is 2.88. The number of piperidine rings is 1. The van der Waals surface area contributed by atoms with Crippen LogP contribution >= 0.6 is 11.6 Å². The molecule has 2 aliphatic rings. The summed E-state index contributed by atoms with van der Waals surface area (Å²) in [5.41, 5.74) is 5.61. The summed E-state index contributed by atoms with van der Waals surface area (Å²) < 4.78 is 5.18. The molecule has 1 fully saturated rings. The minimum atomic E-state index is -0.215. The number of fused-ring (bicyclic) bond motifs is 2. The summed E-state index contributed by atoms with van der Waals surface area (Å²) >= 11 is 6.35. The lowest BCUT2D eigenvalue weighted by Crippen LogP contribution is -2.40. The van der Waals surface area contributed by atoms with Crippen LogP contribution in [0.4, 0.5) is 4.79 Å². The minimum Gasteiger partial charge on any atom is -0.450 e. The third-order valence-corrected chi connectivity index (χ3v) is 6.13. The summed E-state index contributed by atoms with van der Waals surface area (Å²) in [6, 6.07) is 10.2. The minimum absolute atomic E-state index is 0.150. The van der Waals surface area contributed by atoms with Crippen LogP contribution in [0.25, 0.3) is 11.6 Å². The zero-order chi connectivity index (χ0) is 20.4. The maximum absolute atomic E-state index is 12.1. The summed E-state index contributed by atoms with van der Waals surface area (Å²) in [6.45, 7) is 7.67. The van der Waals surface area contributed by atoms with E-state index in [1.54, 1.807) is 0 Å². The molecule has 0 saturated carbocycles. The standard InChI is InChI=1S/C24H25ClN2O2/c1-3-16-14-18-6-5-11-26-23(18)22(20-8-7-19(25)15-21(16)20)17-9-12-27(13-10-17)24(28)29-4-2/h3,5-8,11,14-15,17,22H,1,4,9-10,12-13H2,2H3. The van der Waals surface area contributed by atoms with Crippen LogP contribution in [-0.2, 0) is 4.74 Å². The molecule has 150 valence electrons. The maximum atomic E-state index is 12.1. The van der Waals surface area contributed by atoms with Gasteiger partial charge in [0.25, 0.3) is 0 Å². The first-order valence-corrected chi connectivity index (χ1v) is 10.5. The number of halogens is 1. The Morgan fingerprint density at radius 2 is 2.14 bits per heavy atom. The molecular weight excluding hydrogens is 384 g/mol.